The van der Waals surface area contributed by atoms with Crippen molar-refractivity contribution in [3.05, 3.63) is 65.7 Å². The third-order valence-corrected chi connectivity index (χ3v) is 6.88. The SMILES string of the molecule is CC(=O)N1CCN(C2CCN(c3ccc(C(=O)N[C@@H](C)c4ccccc4)cc3)CC2)CC1. The minimum atomic E-state index is -0.0451. The zero-order chi connectivity index (χ0) is 22.5. The van der Waals surface area contributed by atoms with Gasteiger partial charge < -0.3 is 15.1 Å². The van der Waals surface area contributed by atoms with Crippen LogP contribution in [0.15, 0.2) is 54.6 Å². The van der Waals surface area contributed by atoms with Crippen LogP contribution < -0.4 is 10.2 Å². The van der Waals surface area contributed by atoms with Gasteiger partial charge in [-0.05, 0) is 49.6 Å². The van der Waals surface area contributed by atoms with Gasteiger partial charge >= 0.3 is 0 Å². The van der Waals surface area contributed by atoms with E-state index in [-0.39, 0.29) is 17.9 Å². The molecule has 32 heavy (non-hydrogen) atoms. The smallest absolute Gasteiger partial charge is 0.251 e. The van der Waals surface area contributed by atoms with Crippen molar-refractivity contribution in [3.63, 3.8) is 0 Å². The summed E-state index contributed by atoms with van der Waals surface area (Å²) in [5.74, 6) is 0.141. The van der Waals surface area contributed by atoms with Crippen LogP contribution >= 0.6 is 0 Å². The number of benzene rings is 2. The lowest BCUT2D eigenvalue weighted by molar-refractivity contribution is -0.130. The number of hydrogen-bond donors (Lipinski definition) is 1. The first-order valence-electron chi connectivity index (χ1n) is 11.7. The zero-order valence-corrected chi connectivity index (χ0v) is 19.2. The van der Waals surface area contributed by atoms with Crippen LogP contribution in [0.2, 0.25) is 0 Å². The number of rotatable bonds is 5. The molecule has 0 spiro atoms. The van der Waals surface area contributed by atoms with Crippen molar-refractivity contribution < 1.29 is 9.59 Å². The number of anilines is 1. The highest BCUT2D eigenvalue weighted by molar-refractivity contribution is 5.94. The number of piperidine rings is 1. The van der Waals surface area contributed by atoms with E-state index in [0.717, 1.165) is 57.7 Å². The maximum absolute atomic E-state index is 12.6. The number of amides is 2. The molecule has 6 nitrogen and oxygen atoms in total. The first-order chi connectivity index (χ1) is 15.5. The van der Waals surface area contributed by atoms with Crippen LogP contribution in [0.3, 0.4) is 0 Å². The van der Waals surface area contributed by atoms with Crippen LogP contribution in [0.25, 0.3) is 0 Å². The summed E-state index contributed by atoms with van der Waals surface area (Å²) in [7, 11) is 0. The molecule has 0 aromatic heterocycles. The molecule has 2 aromatic carbocycles. The van der Waals surface area contributed by atoms with E-state index in [2.05, 4.69) is 27.2 Å². The highest BCUT2D eigenvalue weighted by Gasteiger charge is 2.28. The number of nitrogens with zero attached hydrogens (tertiary/aromatic N) is 3. The minimum absolute atomic E-state index is 0.0280. The molecule has 2 amide bonds. The van der Waals surface area contributed by atoms with Gasteiger partial charge in [0.2, 0.25) is 5.91 Å². The summed E-state index contributed by atoms with van der Waals surface area (Å²) >= 11 is 0. The van der Waals surface area contributed by atoms with Gasteiger partial charge in [0.05, 0.1) is 6.04 Å². The molecular formula is C26H34N4O2. The Labute approximate surface area is 191 Å². The summed E-state index contributed by atoms with van der Waals surface area (Å²) in [5.41, 5.74) is 2.97. The lowest BCUT2D eigenvalue weighted by Crippen LogP contribution is -2.54. The molecule has 4 rings (SSSR count). The van der Waals surface area contributed by atoms with Crippen molar-refractivity contribution in [1.29, 1.82) is 0 Å². The number of piperazine rings is 1. The Morgan fingerprint density at radius 3 is 2.09 bits per heavy atom. The molecule has 2 aromatic rings. The van der Waals surface area contributed by atoms with Crippen molar-refractivity contribution >= 4 is 17.5 Å². The molecule has 6 heteroatoms. The summed E-state index contributed by atoms with van der Waals surface area (Å²) in [6, 6.07) is 18.6. The largest absolute Gasteiger partial charge is 0.371 e. The molecule has 0 bridgehead atoms. The minimum Gasteiger partial charge on any atom is -0.371 e. The van der Waals surface area contributed by atoms with Gasteiger partial charge in [0.15, 0.2) is 0 Å². The number of hydrogen-bond acceptors (Lipinski definition) is 4. The predicted octanol–water partition coefficient (Wildman–Crippen LogP) is 3.31. The number of carbonyl (C=O) groups excluding carboxylic acids is 2. The molecule has 2 saturated heterocycles. The third kappa shape index (κ3) is 5.30. The van der Waals surface area contributed by atoms with Gasteiger partial charge in [-0.2, -0.15) is 0 Å². The molecule has 2 aliphatic rings. The van der Waals surface area contributed by atoms with Gasteiger partial charge in [-0.25, -0.2) is 0 Å². The zero-order valence-electron chi connectivity index (χ0n) is 19.2. The molecule has 0 unspecified atom stereocenters. The van der Waals surface area contributed by atoms with E-state index in [1.54, 1.807) is 6.92 Å². The van der Waals surface area contributed by atoms with Crippen molar-refractivity contribution in [2.45, 2.75) is 38.8 Å². The molecule has 2 aliphatic heterocycles. The van der Waals surface area contributed by atoms with Gasteiger partial charge in [0.1, 0.15) is 0 Å². The van der Waals surface area contributed by atoms with Gasteiger partial charge in [-0.15, -0.1) is 0 Å². The normalized spacial score (nSPS) is 18.9. The van der Waals surface area contributed by atoms with Crippen LogP contribution in [0.5, 0.6) is 0 Å². The Morgan fingerprint density at radius 1 is 0.875 bits per heavy atom. The van der Waals surface area contributed by atoms with E-state index in [9.17, 15) is 9.59 Å². The topological polar surface area (TPSA) is 55.9 Å². The fourth-order valence-corrected chi connectivity index (χ4v) is 4.82. The van der Waals surface area contributed by atoms with E-state index < -0.39 is 0 Å². The molecule has 2 heterocycles. The average Bonchev–Trinajstić information content (AvgIpc) is 2.85. The van der Waals surface area contributed by atoms with Crippen molar-refractivity contribution in [2.24, 2.45) is 0 Å². The Hall–Kier alpha value is -2.86. The predicted molar refractivity (Wildman–Crippen MR) is 128 cm³/mol. The highest BCUT2D eigenvalue weighted by atomic mass is 16.2. The van der Waals surface area contributed by atoms with Crippen molar-refractivity contribution in [3.8, 4) is 0 Å². The van der Waals surface area contributed by atoms with Crippen LogP contribution in [0.1, 0.15) is 48.7 Å². The summed E-state index contributed by atoms with van der Waals surface area (Å²) in [4.78, 5) is 31.1. The second kappa shape index (κ2) is 10.2. The molecule has 2 fully saturated rings. The monoisotopic (exact) mass is 434 g/mol. The summed E-state index contributed by atoms with van der Waals surface area (Å²) in [6.07, 6.45) is 2.27. The highest BCUT2D eigenvalue weighted by Crippen LogP contribution is 2.24. The summed E-state index contributed by atoms with van der Waals surface area (Å²) in [6.45, 7) is 9.37. The Morgan fingerprint density at radius 2 is 1.50 bits per heavy atom. The second-order valence-corrected chi connectivity index (χ2v) is 8.91. The Bertz CT molecular complexity index is 899. The fourth-order valence-electron chi connectivity index (χ4n) is 4.82. The van der Waals surface area contributed by atoms with Crippen molar-refractivity contribution in [1.82, 2.24) is 15.1 Å². The average molecular weight is 435 g/mol. The van der Waals surface area contributed by atoms with Gasteiger partial charge in [0, 0.05) is 63.5 Å². The quantitative estimate of drug-likeness (QED) is 0.785. The lowest BCUT2D eigenvalue weighted by atomic mass is 10.0. The first-order valence-corrected chi connectivity index (χ1v) is 11.7. The van der Waals surface area contributed by atoms with E-state index >= 15 is 0 Å². The standard InChI is InChI=1S/C26H34N4O2/c1-20(22-6-4-3-5-7-22)27-26(32)23-8-10-24(11-9-23)29-14-12-25(13-15-29)30-18-16-28(17-19-30)21(2)31/h3-11,20,25H,12-19H2,1-2H3,(H,27,32)/t20-/m0/s1. The van der Waals surface area contributed by atoms with Gasteiger partial charge in [-0.1, -0.05) is 30.3 Å². The Balaban J connectivity index is 1.27. The van der Waals surface area contributed by atoms with E-state index in [1.165, 1.54) is 5.69 Å². The molecule has 1 atom stereocenters. The van der Waals surface area contributed by atoms with Crippen LogP contribution in [0.4, 0.5) is 5.69 Å². The molecule has 0 aliphatic carbocycles. The van der Waals surface area contributed by atoms with E-state index in [4.69, 9.17) is 0 Å². The fraction of sp³-hybridized carbons (Fsp3) is 0.462. The maximum Gasteiger partial charge on any atom is 0.251 e. The lowest BCUT2D eigenvalue weighted by Gasteiger charge is -2.43. The maximum atomic E-state index is 12.6. The van der Waals surface area contributed by atoms with E-state index in [0.29, 0.717) is 11.6 Å². The van der Waals surface area contributed by atoms with Gasteiger partial charge in [-0.3, -0.25) is 14.5 Å². The molecule has 0 saturated carbocycles. The number of nitrogens with one attached hydrogen (secondary N) is 1. The number of carbonyl (C=O) groups is 2. The molecule has 170 valence electrons. The first kappa shape index (κ1) is 22.3. The van der Waals surface area contributed by atoms with Crippen LogP contribution in [-0.4, -0.2) is 66.9 Å². The molecule has 1 N–H and O–H groups in total. The van der Waals surface area contributed by atoms with E-state index in [1.807, 2.05) is 54.3 Å². The summed E-state index contributed by atoms with van der Waals surface area (Å²) < 4.78 is 0. The second-order valence-electron chi connectivity index (χ2n) is 8.91. The third-order valence-electron chi connectivity index (χ3n) is 6.88. The summed E-state index contributed by atoms with van der Waals surface area (Å²) in [5, 5.41) is 3.08. The Kier molecular flexibility index (Phi) is 7.10. The van der Waals surface area contributed by atoms with Crippen molar-refractivity contribution in [2.75, 3.05) is 44.2 Å². The van der Waals surface area contributed by atoms with Crippen LogP contribution in [-0.2, 0) is 4.79 Å². The van der Waals surface area contributed by atoms with Gasteiger partial charge in [0.25, 0.3) is 5.91 Å². The van der Waals surface area contributed by atoms with Crippen LogP contribution in [0, 0.1) is 0 Å². The molecule has 0 radical (unpaired) electrons. The molecular weight excluding hydrogens is 400 g/mol.